The predicted molar refractivity (Wildman–Crippen MR) is 107 cm³/mol. The first kappa shape index (κ1) is 17.7. The number of hydrogen-bond donors (Lipinski definition) is 1. The zero-order valence-corrected chi connectivity index (χ0v) is 15.5. The molecular formula is C22H20N4O2. The molecule has 0 bridgehead atoms. The minimum atomic E-state index is -0.166. The standard InChI is InChI=1S/C22H20N4O2/c1-28-20-9-7-16(8-10-20)12-24-22(27)19-11-18-14-25-26(21(18)23-13-19)15-17-5-3-2-4-6-17/h2-11,13-14H,12,15H2,1H3,(H,24,27). The third-order valence-corrected chi connectivity index (χ3v) is 4.53. The van der Waals surface area contributed by atoms with E-state index in [1.807, 2.05) is 53.2 Å². The van der Waals surface area contributed by atoms with Crippen LogP contribution in [0, 0.1) is 0 Å². The number of rotatable bonds is 6. The van der Waals surface area contributed by atoms with Crippen LogP contribution in [-0.4, -0.2) is 27.8 Å². The molecule has 0 spiro atoms. The quantitative estimate of drug-likeness (QED) is 0.563. The topological polar surface area (TPSA) is 69.0 Å². The fraction of sp³-hybridized carbons (Fsp3) is 0.136. The number of aromatic nitrogens is 3. The summed E-state index contributed by atoms with van der Waals surface area (Å²) < 4.78 is 6.98. The first-order chi connectivity index (χ1) is 13.7. The van der Waals surface area contributed by atoms with Crippen LogP contribution in [0.2, 0.25) is 0 Å². The first-order valence-corrected chi connectivity index (χ1v) is 8.99. The molecule has 1 amide bonds. The Morgan fingerprint density at radius 2 is 1.82 bits per heavy atom. The van der Waals surface area contributed by atoms with Crippen molar-refractivity contribution in [3.63, 3.8) is 0 Å². The van der Waals surface area contributed by atoms with Gasteiger partial charge >= 0.3 is 0 Å². The Hall–Kier alpha value is -3.67. The SMILES string of the molecule is COc1ccc(CNC(=O)c2cnc3c(cnn3Cc3ccccc3)c2)cc1. The van der Waals surface area contributed by atoms with Crippen molar-refractivity contribution in [2.75, 3.05) is 7.11 Å². The summed E-state index contributed by atoms with van der Waals surface area (Å²) in [6.07, 6.45) is 3.33. The van der Waals surface area contributed by atoms with Crippen LogP contribution in [0.25, 0.3) is 11.0 Å². The van der Waals surface area contributed by atoms with Crippen LogP contribution in [-0.2, 0) is 13.1 Å². The Labute approximate surface area is 162 Å². The third kappa shape index (κ3) is 3.86. The molecule has 4 rings (SSSR count). The number of carbonyl (C=O) groups excluding carboxylic acids is 1. The number of carbonyl (C=O) groups is 1. The van der Waals surface area contributed by atoms with Gasteiger partial charge in [-0.05, 0) is 29.3 Å². The van der Waals surface area contributed by atoms with E-state index in [4.69, 9.17) is 4.74 Å². The van der Waals surface area contributed by atoms with Crippen molar-refractivity contribution >= 4 is 16.9 Å². The van der Waals surface area contributed by atoms with Gasteiger partial charge in [0.15, 0.2) is 5.65 Å². The van der Waals surface area contributed by atoms with Gasteiger partial charge < -0.3 is 10.1 Å². The van der Waals surface area contributed by atoms with Crippen LogP contribution in [0.5, 0.6) is 5.75 Å². The fourth-order valence-electron chi connectivity index (χ4n) is 3.00. The van der Waals surface area contributed by atoms with E-state index in [9.17, 15) is 4.79 Å². The summed E-state index contributed by atoms with van der Waals surface area (Å²) in [5.41, 5.74) is 3.42. The van der Waals surface area contributed by atoms with Gasteiger partial charge in [-0.1, -0.05) is 42.5 Å². The molecule has 28 heavy (non-hydrogen) atoms. The highest BCUT2D eigenvalue weighted by molar-refractivity contribution is 5.96. The first-order valence-electron chi connectivity index (χ1n) is 8.99. The van der Waals surface area contributed by atoms with Gasteiger partial charge in [0.25, 0.3) is 5.91 Å². The molecule has 0 aliphatic carbocycles. The number of amides is 1. The monoisotopic (exact) mass is 372 g/mol. The Balaban J connectivity index is 1.45. The van der Waals surface area contributed by atoms with Crippen molar-refractivity contribution in [2.45, 2.75) is 13.1 Å². The predicted octanol–water partition coefficient (Wildman–Crippen LogP) is 3.42. The van der Waals surface area contributed by atoms with Gasteiger partial charge in [0.05, 0.1) is 25.4 Å². The molecular weight excluding hydrogens is 352 g/mol. The second kappa shape index (κ2) is 7.92. The molecule has 2 aromatic carbocycles. The molecule has 0 aliphatic heterocycles. The molecule has 140 valence electrons. The van der Waals surface area contributed by atoms with E-state index >= 15 is 0 Å². The summed E-state index contributed by atoms with van der Waals surface area (Å²) in [7, 11) is 1.63. The lowest BCUT2D eigenvalue weighted by Gasteiger charge is -2.07. The minimum Gasteiger partial charge on any atom is -0.497 e. The van der Waals surface area contributed by atoms with Crippen molar-refractivity contribution in [2.24, 2.45) is 0 Å². The maximum Gasteiger partial charge on any atom is 0.253 e. The molecule has 2 heterocycles. The summed E-state index contributed by atoms with van der Waals surface area (Å²) in [4.78, 5) is 16.9. The Morgan fingerprint density at radius 1 is 1.04 bits per heavy atom. The molecule has 0 saturated heterocycles. The van der Waals surface area contributed by atoms with Crippen molar-refractivity contribution < 1.29 is 9.53 Å². The molecule has 0 radical (unpaired) electrons. The Bertz CT molecular complexity index is 1090. The van der Waals surface area contributed by atoms with Crippen LogP contribution >= 0.6 is 0 Å². The summed E-state index contributed by atoms with van der Waals surface area (Å²) in [6, 6.07) is 19.5. The van der Waals surface area contributed by atoms with Crippen molar-refractivity contribution in [3.8, 4) is 5.75 Å². The van der Waals surface area contributed by atoms with E-state index in [2.05, 4.69) is 27.5 Å². The highest BCUT2D eigenvalue weighted by Gasteiger charge is 2.11. The van der Waals surface area contributed by atoms with Gasteiger partial charge in [0, 0.05) is 18.1 Å². The maximum absolute atomic E-state index is 12.5. The van der Waals surface area contributed by atoms with Crippen LogP contribution in [0.15, 0.2) is 73.1 Å². The van der Waals surface area contributed by atoms with Crippen molar-refractivity contribution in [1.29, 1.82) is 0 Å². The van der Waals surface area contributed by atoms with E-state index in [0.717, 1.165) is 27.9 Å². The number of hydrogen-bond acceptors (Lipinski definition) is 4. The molecule has 0 unspecified atom stereocenters. The minimum absolute atomic E-state index is 0.166. The van der Waals surface area contributed by atoms with Gasteiger partial charge in [0.2, 0.25) is 0 Å². The highest BCUT2D eigenvalue weighted by Crippen LogP contribution is 2.15. The van der Waals surface area contributed by atoms with Crippen LogP contribution in [0.1, 0.15) is 21.5 Å². The molecule has 4 aromatic rings. The number of nitrogens with one attached hydrogen (secondary N) is 1. The average molecular weight is 372 g/mol. The van der Waals surface area contributed by atoms with Gasteiger partial charge in [-0.25, -0.2) is 9.67 Å². The van der Waals surface area contributed by atoms with E-state index in [0.29, 0.717) is 18.7 Å². The lowest BCUT2D eigenvalue weighted by atomic mass is 10.2. The summed E-state index contributed by atoms with van der Waals surface area (Å²) >= 11 is 0. The molecule has 6 nitrogen and oxygen atoms in total. The number of ether oxygens (including phenoxy) is 1. The van der Waals surface area contributed by atoms with Gasteiger partial charge in [-0.2, -0.15) is 5.10 Å². The van der Waals surface area contributed by atoms with Crippen LogP contribution < -0.4 is 10.1 Å². The molecule has 6 heteroatoms. The molecule has 0 fully saturated rings. The maximum atomic E-state index is 12.5. The summed E-state index contributed by atoms with van der Waals surface area (Å²) in [5, 5.41) is 8.17. The van der Waals surface area contributed by atoms with Gasteiger partial charge in [-0.15, -0.1) is 0 Å². The third-order valence-electron chi connectivity index (χ3n) is 4.53. The smallest absolute Gasteiger partial charge is 0.253 e. The van der Waals surface area contributed by atoms with E-state index in [1.54, 1.807) is 19.5 Å². The lowest BCUT2D eigenvalue weighted by Crippen LogP contribution is -2.22. The largest absolute Gasteiger partial charge is 0.497 e. The number of methoxy groups -OCH3 is 1. The van der Waals surface area contributed by atoms with E-state index in [1.165, 1.54) is 0 Å². The Morgan fingerprint density at radius 3 is 2.57 bits per heavy atom. The highest BCUT2D eigenvalue weighted by atomic mass is 16.5. The second-order valence-corrected chi connectivity index (χ2v) is 6.46. The normalized spacial score (nSPS) is 10.8. The Kier molecular flexibility index (Phi) is 5.01. The number of fused-ring (bicyclic) bond motifs is 1. The number of nitrogens with zero attached hydrogens (tertiary/aromatic N) is 3. The molecule has 1 N–H and O–H groups in total. The molecule has 0 saturated carbocycles. The summed E-state index contributed by atoms with van der Waals surface area (Å²) in [6.45, 7) is 1.08. The zero-order chi connectivity index (χ0) is 19.3. The fourth-order valence-corrected chi connectivity index (χ4v) is 3.00. The van der Waals surface area contributed by atoms with Gasteiger partial charge in [-0.3, -0.25) is 4.79 Å². The summed E-state index contributed by atoms with van der Waals surface area (Å²) in [5.74, 6) is 0.623. The molecule has 2 aromatic heterocycles. The molecule has 0 aliphatic rings. The molecule has 0 atom stereocenters. The van der Waals surface area contributed by atoms with Gasteiger partial charge in [0.1, 0.15) is 5.75 Å². The van der Waals surface area contributed by atoms with Crippen LogP contribution in [0.4, 0.5) is 0 Å². The van der Waals surface area contributed by atoms with E-state index < -0.39 is 0 Å². The second-order valence-electron chi connectivity index (χ2n) is 6.46. The zero-order valence-electron chi connectivity index (χ0n) is 15.5. The number of pyridine rings is 1. The van der Waals surface area contributed by atoms with E-state index in [-0.39, 0.29) is 5.91 Å². The average Bonchev–Trinajstić information content (AvgIpc) is 3.15. The number of benzene rings is 2. The van der Waals surface area contributed by atoms with Crippen molar-refractivity contribution in [3.05, 3.63) is 89.7 Å². The van der Waals surface area contributed by atoms with Crippen LogP contribution in [0.3, 0.4) is 0 Å². The van der Waals surface area contributed by atoms with Crippen molar-refractivity contribution in [1.82, 2.24) is 20.1 Å². The lowest BCUT2D eigenvalue weighted by molar-refractivity contribution is 0.0950.